The van der Waals surface area contributed by atoms with Crippen LogP contribution in [0.2, 0.25) is 0 Å². The molecule has 0 radical (unpaired) electrons. The van der Waals surface area contributed by atoms with Gasteiger partial charge in [-0.05, 0) is 29.8 Å². The molecule has 0 amide bonds. The molecule has 0 aliphatic rings. The number of benzene rings is 1. The molecule has 0 spiro atoms. The lowest BCUT2D eigenvalue weighted by Gasteiger charge is -2.04. The molecule has 1 heterocycles. The van der Waals surface area contributed by atoms with Gasteiger partial charge in [-0.15, -0.1) is 0 Å². The van der Waals surface area contributed by atoms with E-state index in [9.17, 15) is 4.79 Å². The van der Waals surface area contributed by atoms with Crippen molar-refractivity contribution < 1.29 is 19.4 Å². The van der Waals surface area contributed by atoms with Crippen LogP contribution in [-0.2, 0) is 13.2 Å². The van der Waals surface area contributed by atoms with Crippen molar-refractivity contribution in [2.75, 3.05) is 5.32 Å². The van der Waals surface area contributed by atoms with Gasteiger partial charge < -0.3 is 19.9 Å². The van der Waals surface area contributed by atoms with Crippen molar-refractivity contribution in [2.24, 2.45) is 0 Å². The van der Waals surface area contributed by atoms with Gasteiger partial charge in [0.15, 0.2) is 0 Å². The average Bonchev–Trinajstić information content (AvgIpc) is 2.86. The SMILES string of the molecule is O=C(O)c1ccc(CNc2ccc(CO)cc2)o1. The number of furan rings is 1. The highest BCUT2D eigenvalue weighted by atomic mass is 16.4. The van der Waals surface area contributed by atoms with Gasteiger partial charge in [-0.25, -0.2) is 4.79 Å². The van der Waals surface area contributed by atoms with E-state index >= 15 is 0 Å². The molecule has 18 heavy (non-hydrogen) atoms. The van der Waals surface area contributed by atoms with Crippen molar-refractivity contribution in [3.63, 3.8) is 0 Å². The van der Waals surface area contributed by atoms with E-state index < -0.39 is 5.97 Å². The Hall–Kier alpha value is -2.27. The molecule has 0 unspecified atom stereocenters. The van der Waals surface area contributed by atoms with Crippen LogP contribution in [0.1, 0.15) is 21.9 Å². The fourth-order valence-electron chi connectivity index (χ4n) is 1.51. The van der Waals surface area contributed by atoms with Crippen LogP contribution in [0.5, 0.6) is 0 Å². The molecule has 0 saturated carbocycles. The summed E-state index contributed by atoms with van der Waals surface area (Å²) in [5.41, 5.74) is 1.71. The van der Waals surface area contributed by atoms with Crippen molar-refractivity contribution >= 4 is 11.7 Å². The molecule has 0 aliphatic heterocycles. The first-order valence-corrected chi connectivity index (χ1v) is 5.44. The molecule has 1 aromatic carbocycles. The summed E-state index contributed by atoms with van der Waals surface area (Å²) in [7, 11) is 0. The normalized spacial score (nSPS) is 10.3. The number of aliphatic hydroxyl groups excluding tert-OH is 1. The third-order valence-corrected chi connectivity index (χ3v) is 2.48. The largest absolute Gasteiger partial charge is 0.475 e. The van der Waals surface area contributed by atoms with Crippen LogP contribution in [0.15, 0.2) is 40.8 Å². The summed E-state index contributed by atoms with van der Waals surface area (Å²) < 4.78 is 5.11. The second-order valence-electron chi connectivity index (χ2n) is 3.78. The second kappa shape index (κ2) is 5.37. The number of carboxylic acids is 1. The highest BCUT2D eigenvalue weighted by molar-refractivity contribution is 5.84. The monoisotopic (exact) mass is 247 g/mol. The Kier molecular flexibility index (Phi) is 3.64. The zero-order valence-electron chi connectivity index (χ0n) is 9.59. The maximum Gasteiger partial charge on any atom is 0.371 e. The van der Waals surface area contributed by atoms with E-state index in [1.54, 1.807) is 6.07 Å². The minimum absolute atomic E-state index is 0.0143. The highest BCUT2D eigenvalue weighted by Crippen LogP contribution is 2.13. The summed E-state index contributed by atoms with van der Waals surface area (Å²) in [6.07, 6.45) is 0. The number of carboxylic acid groups (broad SMARTS) is 1. The number of nitrogens with one attached hydrogen (secondary N) is 1. The molecule has 0 fully saturated rings. The van der Waals surface area contributed by atoms with Gasteiger partial charge in [0.05, 0.1) is 13.2 Å². The first kappa shape index (κ1) is 12.2. The lowest BCUT2D eigenvalue weighted by Crippen LogP contribution is -1.98. The Morgan fingerprint density at radius 1 is 1.17 bits per heavy atom. The summed E-state index contributed by atoms with van der Waals surface area (Å²) in [6.45, 7) is 0.423. The molecule has 0 aliphatic carbocycles. The summed E-state index contributed by atoms with van der Waals surface area (Å²) in [5.74, 6) is -0.588. The van der Waals surface area contributed by atoms with E-state index in [1.165, 1.54) is 6.07 Å². The van der Waals surface area contributed by atoms with Crippen molar-refractivity contribution in [1.82, 2.24) is 0 Å². The van der Waals surface area contributed by atoms with Gasteiger partial charge in [-0.2, -0.15) is 0 Å². The fraction of sp³-hybridized carbons (Fsp3) is 0.154. The molecular weight excluding hydrogens is 234 g/mol. The first-order chi connectivity index (χ1) is 8.69. The van der Waals surface area contributed by atoms with Crippen LogP contribution in [0.3, 0.4) is 0 Å². The fourth-order valence-corrected chi connectivity index (χ4v) is 1.51. The summed E-state index contributed by atoms with van der Waals surface area (Å²) in [4.78, 5) is 10.6. The molecule has 5 heteroatoms. The topological polar surface area (TPSA) is 82.7 Å². The van der Waals surface area contributed by atoms with Gasteiger partial charge in [0.25, 0.3) is 0 Å². The lowest BCUT2D eigenvalue weighted by molar-refractivity contribution is 0.0660. The number of carbonyl (C=O) groups is 1. The van der Waals surface area contributed by atoms with E-state index in [4.69, 9.17) is 14.6 Å². The molecule has 0 saturated heterocycles. The second-order valence-corrected chi connectivity index (χ2v) is 3.78. The Morgan fingerprint density at radius 2 is 1.89 bits per heavy atom. The molecule has 94 valence electrons. The Labute approximate surface area is 104 Å². The maximum atomic E-state index is 10.6. The Bertz CT molecular complexity index is 530. The lowest BCUT2D eigenvalue weighted by atomic mass is 10.2. The Balaban J connectivity index is 1.95. The van der Waals surface area contributed by atoms with Gasteiger partial charge in [0.2, 0.25) is 5.76 Å². The molecule has 0 bridgehead atoms. The number of aliphatic hydroxyl groups is 1. The zero-order valence-corrected chi connectivity index (χ0v) is 9.59. The van der Waals surface area contributed by atoms with Gasteiger partial charge in [-0.1, -0.05) is 12.1 Å². The maximum absolute atomic E-state index is 10.6. The summed E-state index contributed by atoms with van der Waals surface area (Å²) in [6, 6.07) is 10.4. The highest BCUT2D eigenvalue weighted by Gasteiger charge is 2.08. The van der Waals surface area contributed by atoms with E-state index in [0.717, 1.165) is 11.3 Å². The molecular formula is C13H13NO4. The number of hydrogen-bond donors (Lipinski definition) is 3. The van der Waals surface area contributed by atoms with Gasteiger partial charge in [0.1, 0.15) is 5.76 Å². The van der Waals surface area contributed by atoms with Gasteiger partial charge in [0, 0.05) is 5.69 Å². The van der Waals surface area contributed by atoms with Crippen molar-refractivity contribution in [3.05, 3.63) is 53.5 Å². The first-order valence-electron chi connectivity index (χ1n) is 5.44. The van der Waals surface area contributed by atoms with Crippen LogP contribution in [-0.4, -0.2) is 16.2 Å². The smallest absolute Gasteiger partial charge is 0.371 e. The van der Waals surface area contributed by atoms with E-state index in [1.807, 2.05) is 24.3 Å². The van der Waals surface area contributed by atoms with Crippen molar-refractivity contribution in [2.45, 2.75) is 13.2 Å². The minimum Gasteiger partial charge on any atom is -0.475 e. The standard InChI is InChI=1S/C13H13NO4/c15-8-9-1-3-10(4-2-9)14-7-11-5-6-12(18-11)13(16)17/h1-6,14-15H,7-8H2,(H,16,17). The van der Waals surface area contributed by atoms with Crippen LogP contribution in [0.25, 0.3) is 0 Å². The number of anilines is 1. The van der Waals surface area contributed by atoms with Crippen LogP contribution >= 0.6 is 0 Å². The number of rotatable bonds is 5. The number of hydrogen-bond acceptors (Lipinski definition) is 4. The van der Waals surface area contributed by atoms with E-state index in [2.05, 4.69) is 5.32 Å². The quantitative estimate of drug-likeness (QED) is 0.753. The summed E-state index contributed by atoms with van der Waals surface area (Å²) >= 11 is 0. The Morgan fingerprint density at radius 3 is 2.44 bits per heavy atom. The minimum atomic E-state index is -1.08. The third kappa shape index (κ3) is 2.89. The van der Waals surface area contributed by atoms with Gasteiger partial charge >= 0.3 is 5.97 Å². The van der Waals surface area contributed by atoms with Crippen LogP contribution in [0.4, 0.5) is 5.69 Å². The molecule has 2 aromatic rings. The predicted molar refractivity (Wildman–Crippen MR) is 65.4 cm³/mol. The predicted octanol–water partition coefficient (Wildman–Crippen LogP) is 2.08. The molecule has 0 atom stereocenters. The zero-order chi connectivity index (χ0) is 13.0. The number of aromatic carboxylic acids is 1. The van der Waals surface area contributed by atoms with Crippen LogP contribution in [0, 0.1) is 0 Å². The van der Waals surface area contributed by atoms with Crippen LogP contribution < -0.4 is 5.32 Å². The van der Waals surface area contributed by atoms with E-state index in [0.29, 0.717) is 12.3 Å². The molecule has 2 rings (SSSR count). The van der Waals surface area contributed by atoms with Gasteiger partial charge in [-0.3, -0.25) is 0 Å². The van der Waals surface area contributed by atoms with Crippen molar-refractivity contribution in [3.8, 4) is 0 Å². The third-order valence-electron chi connectivity index (χ3n) is 2.48. The van der Waals surface area contributed by atoms with E-state index in [-0.39, 0.29) is 12.4 Å². The molecule has 1 aromatic heterocycles. The molecule has 3 N–H and O–H groups in total. The summed E-state index contributed by atoms with van der Waals surface area (Å²) in [5, 5.41) is 20.7. The molecule has 5 nitrogen and oxygen atoms in total. The average molecular weight is 247 g/mol. The van der Waals surface area contributed by atoms with Crippen molar-refractivity contribution in [1.29, 1.82) is 0 Å².